The zero-order valence-corrected chi connectivity index (χ0v) is 8.15. The molecule has 2 unspecified atom stereocenters. The Morgan fingerprint density at radius 2 is 2.00 bits per heavy atom. The van der Waals surface area contributed by atoms with Crippen LogP contribution in [0.4, 0.5) is 0 Å². The monoisotopic (exact) mass is 151 g/mol. The Kier molecular flexibility index (Phi) is 5.03. The molecule has 0 aromatic heterocycles. The van der Waals surface area contributed by atoms with E-state index in [2.05, 4.69) is 33.6 Å². The third-order valence-corrected chi connectivity index (χ3v) is 2.66. The molecule has 0 aromatic rings. The van der Waals surface area contributed by atoms with Gasteiger partial charge in [0.25, 0.3) is 0 Å². The van der Waals surface area contributed by atoms with Crippen LogP contribution < -0.4 is 0 Å². The highest BCUT2D eigenvalue weighted by atomic mass is 14.2. The summed E-state index contributed by atoms with van der Waals surface area (Å²) in [6, 6.07) is 0. The average molecular weight is 151 g/mol. The first-order chi connectivity index (χ1) is 5.13. The van der Waals surface area contributed by atoms with Crippen LogP contribution in [0.3, 0.4) is 0 Å². The minimum Gasteiger partial charge on any atom is -0.120 e. The lowest BCUT2D eigenvalue weighted by molar-refractivity contribution is 0.386. The summed E-state index contributed by atoms with van der Waals surface area (Å²) in [4.78, 5) is 0. The van der Waals surface area contributed by atoms with E-state index >= 15 is 0 Å². The fourth-order valence-electron chi connectivity index (χ4n) is 1.16. The Bertz CT molecular complexity index is 129. The number of hydrogen-bond acceptors (Lipinski definition) is 0. The second kappa shape index (κ2) is 5.24. The summed E-state index contributed by atoms with van der Waals surface area (Å²) >= 11 is 0. The lowest BCUT2D eigenvalue weighted by atomic mass is 9.82. The molecule has 11 heavy (non-hydrogen) atoms. The molecular weight excluding hydrogens is 132 g/mol. The number of rotatable bonds is 4. The van der Waals surface area contributed by atoms with E-state index in [1.807, 2.05) is 0 Å². The molecule has 0 fully saturated rings. The van der Waals surface area contributed by atoms with Gasteiger partial charge in [-0.25, -0.2) is 0 Å². The molecule has 0 bridgehead atoms. The lowest BCUT2D eigenvalue weighted by Gasteiger charge is -2.23. The van der Waals surface area contributed by atoms with E-state index in [4.69, 9.17) is 6.42 Å². The van der Waals surface area contributed by atoms with Gasteiger partial charge >= 0.3 is 0 Å². The smallest absolute Gasteiger partial charge is 0.0148 e. The van der Waals surface area contributed by atoms with Gasteiger partial charge in [-0.2, -0.15) is 0 Å². The molecule has 0 heteroatoms. The third kappa shape index (κ3) is 3.46. The SMILES string of the molecule is C#CC[C](C)C(C)C(C)CC. The standard InChI is InChI=1S/C11H19/c1-6-8-10(4)11(5)9(3)7-2/h1,9,11H,7-8H2,2-5H3. The van der Waals surface area contributed by atoms with E-state index in [0.29, 0.717) is 5.92 Å². The van der Waals surface area contributed by atoms with Gasteiger partial charge in [0.1, 0.15) is 0 Å². The molecule has 0 nitrogen and oxygen atoms in total. The first kappa shape index (κ1) is 10.6. The van der Waals surface area contributed by atoms with Gasteiger partial charge in [-0.15, -0.1) is 12.3 Å². The van der Waals surface area contributed by atoms with Crippen molar-refractivity contribution in [3.05, 3.63) is 5.92 Å². The maximum atomic E-state index is 5.24. The largest absolute Gasteiger partial charge is 0.120 e. The molecule has 0 heterocycles. The molecule has 0 N–H and O–H groups in total. The van der Waals surface area contributed by atoms with Crippen molar-refractivity contribution in [2.24, 2.45) is 11.8 Å². The third-order valence-electron chi connectivity index (χ3n) is 2.66. The predicted octanol–water partition coefficient (Wildman–Crippen LogP) is 3.29. The van der Waals surface area contributed by atoms with Gasteiger partial charge in [0.15, 0.2) is 0 Å². The molecular formula is C11H19. The van der Waals surface area contributed by atoms with E-state index < -0.39 is 0 Å². The molecule has 0 rings (SSSR count). The minimum atomic E-state index is 0.677. The van der Waals surface area contributed by atoms with E-state index in [-0.39, 0.29) is 0 Å². The van der Waals surface area contributed by atoms with Gasteiger partial charge in [0, 0.05) is 6.42 Å². The molecule has 2 atom stereocenters. The van der Waals surface area contributed by atoms with Crippen LogP contribution >= 0.6 is 0 Å². The highest BCUT2D eigenvalue weighted by molar-refractivity contribution is 5.02. The molecule has 0 aliphatic heterocycles. The van der Waals surface area contributed by atoms with Crippen LogP contribution in [0.15, 0.2) is 0 Å². The van der Waals surface area contributed by atoms with Crippen LogP contribution in [0.5, 0.6) is 0 Å². The highest BCUT2D eigenvalue weighted by Crippen LogP contribution is 2.26. The van der Waals surface area contributed by atoms with E-state index in [0.717, 1.165) is 12.3 Å². The Balaban J connectivity index is 3.82. The van der Waals surface area contributed by atoms with Crippen LogP contribution in [-0.2, 0) is 0 Å². The maximum absolute atomic E-state index is 5.24. The first-order valence-electron chi connectivity index (χ1n) is 4.39. The van der Waals surface area contributed by atoms with Crippen LogP contribution in [-0.4, -0.2) is 0 Å². The minimum absolute atomic E-state index is 0.677. The molecule has 0 aliphatic rings. The van der Waals surface area contributed by atoms with Crippen molar-refractivity contribution in [3.63, 3.8) is 0 Å². The maximum Gasteiger partial charge on any atom is 0.0148 e. The molecule has 63 valence electrons. The Morgan fingerprint density at radius 1 is 1.45 bits per heavy atom. The molecule has 0 aliphatic carbocycles. The van der Waals surface area contributed by atoms with Gasteiger partial charge in [0.05, 0.1) is 0 Å². The van der Waals surface area contributed by atoms with Crippen LogP contribution in [0, 0.1) is 30.1 Å². The van der Waals surface area contributed by atoms with Crippen LogP contribution in [0.1, 0.15) is 40.5 Å². The van der Waals surface area contributed by atoms with Crippen molar-refractivity contribution in [1.82, 2.24) is 0 Å². The summed E-state index contributed by atoms with van der Waals surface area (Å²) in [7, 11) is 0. The normalized spacial score (nSPS) is 16.0. The Labute approximate surface area is 71.4 Å². The summed E-state index contributed by atoms with van der Waals surface area (Å²) in [6.07, 6.45) is 7.32. The van der Waals surface area contributed by atoms with Crippen molar-refractivity contribution in [1.29, 1.82) is 0 Å². The summed E-state index contributed by atoms with van der Waals surface area (Å²) < 4.78 is 0. The van der Waals surface area contributed by atoms with Crippen LogP contribution in [0.25, 0.3) is 0 Å². The molecule has 0 aromatic carbocycles. The van der Waals surface area contributed by atoms with Gasteiger partial charge in [-0.05, 0) is 17.8 Å². The molecule has 0 saturated carbocycles. The second-order valence-corrected chi connectivity index (χ2v) is 3.40. The van der Waals surface area contributed by atoms with Crippen molar-refractivity contribution >= 4 is 0 Å². The summed E-state index contributed by atoms with van der Waals surface area (Å²) in [5, 5.41) is 0. The zero-order valence-electron chi connectivity index (χ0n) is 8.15. The zero-order chi connectivity index (χ0) is 8.85. The Hall–Kier alpha value is -0.440. The van der Waals surface area contributed by atoms with E-state index in [9.17, 15) is 0 Å². The van der Waals surface area contributed by atoms with Crippen molar-refractivity contribution in [2.45, 2.75) is 40.5 Å². The van der Waals surface area contributed by atoms with E-state index in [1.54, 1.807) is 0 Å². The quantitative estimate of drug-likeness (QED) is 0.541. The van der Waals surface area contributed by atoms with Gasteiger partial charge in [-0.3, -0.25) is 0 Å². The van der Waals surface area contributed by atoms with Crippen molar-refractivity contribution in [2.75, 3.05) is 0 Å². The van der Waals surface area contributed by atoms with Crippen molar-refractivity contribution < 1.29 is 0 Å². The summed E-state index contributed by atoms with van der Waals surface area (Å²) in [6.45, 7) is 8.94. The topological polar surface area (TPSA) is 0 Å². The molecule has 0 spiro atoms. The first-order valence-corrected chi connectivity index (χ1v) is 4.39. The highest BCUT2D eigenvalue weighted by Gasteiger charge is 2.16. The van der Waals surface area contributed by atoms with Crippen LogP contribution in [0.2, 0.25) is 0 Å². The number of terminal acetylenes is 1. The fourth-order valence-corrected chi connectivity index (χ4v) is 1.16. The second-order valence-electron chi connectivity index (χ2n) is 3.40. The lowest BCUT2D eigenvalue weighted by Crippen LogP contribution is -2.13. The molecule has 1 radical (unpaired) electrons. The van der Waals surface area contributed by atoms with Gasteiger partial charge in [-0.1, -0.05) is 34.1 Å². The van der Waals surface area contributed by atoms with E-state index in [1.165, 1.54) is 12.3 Å². The predicted molar refractivity (Wildman–Crippen MR) is 51.0 cm³/mol. The molecule has 0 amide bonds. The molecule has 0 saturated heterocycles. The number of hydrogen-bond donors (Lipinski definition) is 0. The average Bonchev–Trinajstić information content (AvgIpc) is 2.02. The van der Waals surface area contributed by atoms with Crippen molar-refractivity contribution in [3.8, 4) is 12.3 Å². The summed E-state index contributed by atoms with van der Waals surface area (Å²) in [5.74, 6) is 5.58. The summed E-state index contributed by atoms with van der Waals surface area (Å²) in [5.41, 5.74) is 0. The van der Waals surface area contributed by atoms with Gasteiger partial charge in [0.2, 0.25) is 0 Å². The fraction of sp³-hybridized carbons (Fsp3) is 0.727. The van der Waals surface area contributed by atoms with Gasteiger partial charge < -0.3 is 0 Å². The Morgan fingerprint density at radius 3 is 2.36 bits per heavy atom.